The fraction of sp³-hybridized carbons (Fsp3) is 0.733. The maximum absolute atomic E-state index is 5.75. The first-order valence-electron chi connectivity index (χ1n) is 7.46. The Bertz CT molecular complexity index is 428. The molecule has 0 spiro atoms. The average molecular weight is 278 g/mol. The van der Waals surface area contributed by atoms with Crippen molar-refractivity contribution in [1.82, 2.24) is 14.9 Å². The van der Waals surface area contributed by atoms with E-state index in [9.17, 15) is 0 Å². The molecule has 5 heteroatoms. The highest BCUT2D eigenvalue weighted by Gasteiger charge is 2.21. The molecule has 0 radical (unpaired) electrons. The van der Waals surface area contributed by atoms with Crippen molar-refractivity contribution in [2.75, 3.05) is 31.5 Å². The fourth-order valence-electron chi connectivity index (χ4n) is 2.69. The number of morpholine rings is 1. The van der Waals surface area contributed by atoms with Gasteiger partial charge >= 0.3 is 0 Å². The van der Waals surface area contributed by atoms with Gasteiger partial charge in [0.2, 0.25) is 0 Å². The summed E-state index contributed by atoms with van der Waals surface area (Å²) in [6.45, 7) is 12.5. The van der Waals surface area contributed by atoms with E-state index >= 15 is 0 Å². The minimum atomic E-state index is 0.346. The molecule has 20 heavy (non-hydrogen) atoms. The predicted octanol–water partition coefficient (Wildman–Crippen LogP) is 2.00. The van der Waals surface area contributed by atoms with E-state index in [0.29, 0.717) is 12.2 Å². The van der Waals surface area contributed by atoms with Crippen molar-refractivity contribution < 1.29 is 4.74 Å². The number of aryl methyl sites for hydroxylation is 1. The molecule has 0 bridgehead atoms. The third-order valence-corrected chi connectivity index (χ3v) is 3.77. The van der Waals surface area contributed by atoms with Crippen LogP contribution < -0.4 is 5.32 Å². The molecule has 0 saturated carbocycles. The Balaban J connectivity index is 1.72. The van der Waals surface area contributed by atoms with Gasteiger partial charge in [-0.05, 0) is 34.1 Å². The van der Waals surface area contributed by atoms with Crippen LogP contribution >= 0.6 is 0 Å². The maximum atomic E-state index is 5.75. The minimum absolute atomic E-state index is 0.346. The molecule has 0 amide bonds. The summed E-state index contributed by atoms with van der Waals surface area (Å²) in [6, 6.07) is 0. The van der Waals surface area contributed by atoms with Crippen LogP contribution in [0.1, 0.15) is 31.5 Å². The lowest BCUT2D eigenvalue weighted by Gasteiger charge is -2.35. The smallest absolute Gasteiger partial charge is 0.132 e. The van der Waals surface area contributed by atoms with E-state index in [1.807, 2.05) is 6.92 Å². The molecular weight excluding hydrogens is 252 g/mol. The number of nitrogens with one attached hydrogen (secondary N) is 1. The summed E-state index contributed by atoms with van der Waals surface area (Å²) >= 11 is 0. The van der Waals surface area contributed by atoms with Crippen molar-refractivity contribution in [1.29, 1.82) is 0 Å². The molecule has 5 nitrogen and oxygen atoms in total. The van der Waals surface area contributed by atoms with Gasteiger partial charge in [-0.1, -0.05) is 0 Å². The number of rotatable bonds is 5. The van der Waals surface area contributed by atoms with Crippen molar-refractivity contribution in [2.45, 2.75) is 46.3 Å². The van der Waals surface area contributed by atoms with E-state index in [2.05, 4.69) is 41.0 Å². The SMILES string of the molecule is Cc1ncnc(NCCCN2C[C@@H](C)O[C@@H](C)C2)c1C. The van der Waals surface area contributed by atoms with Gasteiger partial charge in [-0.2, -0.15) is 0 Å². The molecule has 0 aliphatic carbocycles. The van der Waals surface area contributed by atoms with Crippen LogP contribution in [0, 0.1) is 13.8 Å². The van der Waals surface area contributed by atoms with E-state index in [4.69, 9.17) is 4.74 Å². The second-order valence-corrected chi connectivity index (χ2v) is 5.73. The van der Waals surface area contributed by atoms with E-state index in [1.54, 1.807) is 6.33 Å². The van der Waals surface area contributed by atoms with E-state index in [0.717, 1.165) is 49.7 Å². The van der Waals surface area contributed by atoms with Crippen LogP contribution in [0.3, 0.4) is 0 Å². The number of ether oxygens (including phenoxy) is 1. The van der Waals surface area contributed by atoms with Crippen molar-refractivity contribution in [2.24, 2.45) is 0 Å². The zero-order valence-electron chi connectivity index (χ0n) is 13.0. The summed E-state index contributed by atoms with van der Waals surface area (Å²) in [5, 5.41) is 3.41. The highest BCUT2D eigenvalue weighted by molar-refractivity contribution is 5.44. The van der Waals surface area contributed by atoms with Crippen LogP contribution in [-0.4, -0.2) is 53.3 Å². The molecule has 2 atom stereocenters. The molecule has 112 valence electrons. The molecule has 1 aliphatic heterocycles. The lowest BCUT2D eigenvalue weighted by atomic mass is 10.2. The molecule has 0 aromatic carbocycles. The van der Waals surface area contributed by atoms with Crippen molar-refractivity contribution >= 4 is 5.82 Å². The van der Waals surface area contributed by atoms with Crippen LogP contribution in [0.2, 0.25) is 0 Å². The van der Waals surface area contributed by atoms with Crippen LogP contribution in [0.25, 0.3) is 0 Å². The third-order valence-electron chi connectivity index (χ3n) is 3.77. The largest absolute Gasteiger partial charge is 0.373 e. The number of anilines is 1. The van der Waals surface area contributed by atoms with Gasteiger partial charge < -0.3 is 10.1 Å². The molecule has 0 unspecified atom stereocenters. The van der Waals surface area contributed by atoms with Crippen molar-refractivity contribution in [3.63, 3.8) is 0 Å². The quantitative estimate of drug-likeness (QED) is 0.835. The lowest BCUT2D eigenvalue weighted by molar-refractivity contribution is -0.0678. The van der Waals surface area contributed by atoms with E-state index in [1.165, 1.54) is 0 Å². The first kappa shape index (κ1) is 15.2. The number of hydrogen-bond acceptors (Lipinski definition) is 5. The summed E-state index contributed by atoms with van der Waals surface area (Å²) in [6.07, 6.45) is 3.43. The average Bonchev–Trinajstić information content (AvgIpc) is 2.38. The Kier molecular flexibility index (Phi) is 5.31. The number of nitrogens with zero attached hydrogens (tertiary/aromatic N) is 3. The van der Waals surface area contributed by atoms with Crippen LogP contribution in [0.5, 0.6) is 0 Å². The monoisotopic (exact) mass is 278 g/mol. The summed E-state index contributed by atoms with van der Waals surface area (Å²) < 4.78 is 5.75. The Labute approximate surface area is 121 Å². The molecule has 2 heterocycles. The van der Waals surface area contributed by atoms with E-state index < -0.39 is 0 Å². The molecule has 1 N–H and O–H groups in total. The van der Waals surface area contributed by atoms with Gasteiger partial charge in [0, 0.05) is 37.4 Å². The highest BCUT2D eigenvalue weighted by atomic mass is 16.5. The first-order valence-corrected chi connectivity index (χ1v) is 7.46. The summed E-state index contributed by atoms with van der Waals surface area (Å²) in [7, 11) is 0. The Hall–Kier alpha value is -1.20. The van der Waals surface area contributed by atoms with Crippen LogP contribution in [-0.2, 0) is 4.74 Å². The second kappa shape index (κ2) is 6.99. The fourth-order valence-corrected chi connectivity index (χ4v) is 2.69. The highest BCUT2D eigenvalue weighted by Crippen LogP contribution is 2.13. The maximum Gasteiger partial charge on any atom is 0.132 e. The minimum Gasteiger partial charge on any atom is -0.373 e. The van der Waals surface area contributed by atoms with Crippen LogP contribution in [0.15, 0.2) is 6.33 Å². The Morgan fingerprint density at radius 3 is 2.65 bits per heavy atom. The standard InChI is InChI=1S/C15H26N4O/c1-11-8-19(9-12(2)20-11)7-5-6-16-15-13(3)14(4)17-10-18-15/h10-12H,5-9H2,1-4H3,(H,16,17,18)/t11-,12+. The number of aromatic nitrogens is 2. The molecule has 1 aliphatic rings. The first-order chi connectivity index (χ1) is 9.56. The van der Waals surface area contributed by atoms with Gasteiger partial charge in [0.15, 0.2) is 0 Å². The van der Waals surface area contributed by atoms with Gasteiger partial charge in [-0.25, -0.2) is 9.97 Å². The Morgan fingerprint density at radius 2 is 1.95 bits per heavy atom. The molecule has 1 aromatic rings. The molecule has 1 saturated heterocycles. The van der Waals surface area contributed by atoms with Crippen molar-refractivity contribution in [3.8, 4) is 0 Å². The lowest BCUT2D eigenvalue weighted by Crippen LogP contribution is -2.45. The second-order valence-electron chi connectivity index (χ2n) is 5.73. The summed E-state index contributed by atoms with van der Waals surface area (Å²) in [4.78, 5) is 11.0. The normalized spacial score (nSPS) is 23.8. The molecular formula is C15H26N4O. The Morgan fingerprint density at radius 1 is 1.25 bits per heavy atom. The van der Waals surface area contributed by atoms with Gasteiger partial charge in [0.25, 0.3) is 0 Å². The zero-order valence-corrected chi connectivity index (χ0v) is 13.0. The van der Waals surface area contributed by atoms with E-state index in [-0.39, 0.29) is 0 Å². The number of hydrogen-bond donors (Lipinski definition) is 1. The zero-order chi connectivity index (χ0) is 14.5. The molecule has 2 rings (SSSR count). The van der Waals surface area contributed by atoms with Crippen LogP contribution in [0.4, 0.5) is 5.82 Å². The van der Waals surface area contributed by atoms with Gasteiger partial charge in [0.05, 0.1) is 12.2 Å². The third kappa shape index (κ3) is 4.15. The van der Waals surface area contributed by atoms with Crippen molar-refractivity contribution in [3.05, 3.63) is 17.6 Å². The molecule has 1 fully saturated rings. The summed E-state index contributed by atoms with van der Waals surface area (Å²) in [5.41, 5.74) is 2.18. The van der Waals surface area contributed by atoms with Gasteiger partial charge in [0.1, 0.15) is 12.1 Å². The van der Waals surface area contributed by atoms with Gasteiger partial charge in [-0.3, -0.25) is 4.90 Å². The predicted molar refractivity (Wildman–Crippen MR) is 81.1 cm³/mol. The summed E-state index contributed by atoms with van der Waals surface area (Å²) in [5.74, 6) is 0.959. The topological polar surface area (TPSA) is 50.3 Å². The van der Waals surface area contributed by atoms with Gasteiger partial charge in [-0.15, -0.1) is 0 Å². The molecule has 1 aromatic heterocycles.